The fourth-order valence-electron chi connectivity index (χ4n) is 5.39. The minimum atomic E-state index is -0.646. The molecule has 8 heteroatoms. The number of hydrogen-bond acceptors (Lipinski definition) is 5. The minimum absolute atomic E-state index is 0.225. The molecule has 0 spiro atoms. The van der Waals surface area contributed by atoms with E-state index in [0.29, 0.717) is 40.3 Å². The van der Waals surface area contributed by atoms with Gasteiger partial charge in [0.1, 0.15) is 17.4 Å². The Morgan fingerprint density at radius 1 is 1.11 bits per heavy atom. The lowest BCUT2D eigenvalue weighted by atomic mass is 9.96. The molecule has 2 N–H and O–H groups in total. The molecule has 0 radical (unpaired) electrons. The molecule has 0 saturated carbocycles. The van der Waals surface area contributed by atoms with Gasteiger partial charge in [-0.05, 0) is 81.2 Å². The van der Waals surface area contributed by atoms with Crippen molar-refractivity contribution in [2.75, 3.05) is 20.1 Å². The van der Waals surface area contributed by atoms with Crippen molar-refractivity contribution in [1.29, 1.82) is 0 Å². The minimum Gasteiger partial charge on any atom is -0.508 e. The third-order valence-corrected chi connectivity index (χ3v) is 6.93. The number of aryl methyl sites for hydroxylation is 2. The average molecular weight is 505 g/mol. The molecule has 1 fully saturated rings. The summed E-state index contributed by atoms with van der Waals surface area (Å²) in [6.45, 7) is 5.80. The van der Waals surface area contributed by atoms with Crippen LogP contribution in [0.5, 0.6) is 5.75 Å². The lowest BCUT2D eigenvalue weighted by Gasteiger charge is -2.24. The molecule has 1 aliphatic rings. The highest BCUT2D eigenvalue weighted by Gasteiger charge is 2.22. The summed E-state index contributed by atoms with van der Waals surface area (Å²) in [5.41, 5.74) is 3.74. The zero-order valence-electron chi connectivity index (χ0n) is 21.2. The van der Waals surface area contributed by atoms with Gasteiger partial charge in [-0.25, -0.2) is 8.78 Å². The Kier molecular flexibility index (Phi) is 6.79. The van der Waals surface area contributed by atoms with Gasteiger partial charge in [-0.2, -0.15) is 0 Å². The van der Waals surface area contributed by atoms with Crippen LogP contribution in [0, 0.1) is 25.5 Å². The van der Waals surface area contributed by atoms with Gasteiger partial charge in [0.2, 0.25) is 0 Å². The molecule has 1 saturated heterocycles. The number of halogens is 2. The van der Waals surface area contributed by atoms with Crippen molar-refractivity contribution >= 4 is 10.9 Å². The molecule has 2 aromatic heterocycles. The summed E-state index contributed by atoms with van der Waals surface area (Å²) in [5, 5.41) is 13.9. The number of aromatic hydroxyl groups is 1. The number of rotatable bonds is 6. The highest BCUT2D eigenvalue weighted by molar-refractivity contribution is 5.88. The van der Waals surface area contributed by atoms with Crippen LogP contribution in [0.15, 0.2) is 53.5 Å². The number of hydrogen-bond donors (Lipinski definition) is 2. The molecule has 192 valence electrons. The van der Waals surface area contributed by atoms with Gasteiger partial charge < -0.3 is 15.3 Å². The van der Waals surface area contributed by atoms with Gasteiger partial charge >= 0.3 is 0 Å². The molecule has 4 aromatic rings. The van der Waals surface area contributed by atoms with Crippen LogP contribution >= 0.6 is 0 Å². The number of likely N-dealkylation sites (N-methyl/N-ethyl adjacent to an activating group) is 1. The lowest BCUT2D eigenvalue weighted by molar-refractivity contribution is 0.294. The van der Waals surface area contributed by atoms with E-state index in [1.54, 1.807) is 19.2 Å². The maximum absolute atomic E-state index is 14.4. The summed E-state index contributed by atoms with van der Waals surface area (Å²) in [4.78, 5) is 20.8. The van der Waals surface area contributed by atoms with Gasteiger partial charge in [0.25, 0.3) is 5.56 Å². The first-order valence-corrected chi connectivity index (χ1v) is 12.4. The molecule has 1 atom stereocenters. The number of benzene rings is 2. The third-order valence-electron chi connectivity index (χ3n) is 6.93. The smallest absolute Gasteiger partial charge is 0.265 e. The first kappa shape index (κ1) is 25.0. The van der Waals surface area contributed by atoms with Crippen LogP contribution in [0.3, 0.4) is 0 Å². The van der Waals surface area contributed by atoms with Crippen LogP contribution in [0.25, 0.3) is 27.7 Å². The van der Waals surface area contributed by atoms with E-state index in [1.165, 1.54) is 28.8 Å². The summed E-state index contributed by atoms with van der Waals surface area (Å²) in [7, 11) is 2.00. The number of nitrogens with zero attached hydrogens (tertiary/aromatic N) is 3. The summed E-state index contributed by atoms with van der Waals surface area (Å²) in [5.74, 6) is -1.28. The second kappa shape index (κ2) is 10.0. The van der Waals surface area contributed by atoms with Crippen molar-refractivity contribution < 1.29 is 13.9 Å². The van der Waals surface area contributed by atoms with E-state index in [2.05, 4.69) is 15.2 Å². The predicted molar refractivity (Wildman–Crippen MR) is 141 cm³/mol. The number of phenols is 1. The number of fused-ring (bicyclic) bond motifs is 1. The second-order valence-electron chi connectivity index (χ2n) is 10.0. The van der Waals surface area contributed by atoms with E-state index < -0.39 is 5.82 Å². The third kappa shape index (κ3) is 5.12. The topological polar surface area (TPSA) is 70.4 Å². The highest BCUT2D eigenvalue weighted by atomic mass is 19.1. The van der Waals surface area contributed by atoms with E-state index in [9.17, 15) is 18.7 Å². The van der Waals surface area contributed by atoms with Gasteiger partial charge in [0.05, 0.1) is 16.6 Å². The number of nitrogens with one attached hydrogen (secondary N) is 1. The molecule has 6 nitrogen and oxygen atoms in total. The molecular formula is C29H30F2N4O2. The van der Waals surface area contributed by atoms with Crippen LogP contribution in [-0.4, -0.2) is 45.7 Å². The van der Waals surface area contributed by atoms with Crippen LogP contribution in [0.1, 0.15) is 29.7 Å². The fourth-order valence-corrected chi connectivity index (χ4v) is 5.39. The average Bonchev–Trinajstić information content (AvgIpc) is 3.30. The van der Waals surface area contributed by atoms with Gasteiger partial charge in [-0.1, -0.05) is 6.07 Å². The summed E-state index contributed by atoms with van der Waals surface area (Å²) < 4.78 is 30.0. The van der Waals surface area contributed by atoms with Crippen molar-refractivity contribution in [3.63, 3.8) is 0 Å². The molecule has 0 aliphatic carbocycles. The van der Waals surface area contributed by atoms with Crippen molar-refractivity contribution in [2.45, 2.75) is 39.3 Å². The molecule has 0 bridgehead atoms. The first-order valence-electron chi connectivity index (χ1n) is 12.4. The Balaban J connectivity index is 1.74. The zero-order chi connectivity index (χ0) is 26.3. The van der Waals surface area contributed by atoms with Gasteiger partial charge in [0.15, 0.2) is 0 Å². The quantitative estimate of drug-likeness (QED) is 0.393. The number of phenolic OH excluding ortho intramolecular Hbond substituents is 1. The Morgan fingerprint density at radius 2 is 1.89 bits per heavy atom. The van der Waals surface area contributed by atoms with E-state index in [0.717, 1.165) is 43.1 Å². The van der Waals surface area contributed by atoms with Crippen LogP contribution in [-0.2, 0) is 6.54 Å². The normalized spacial score (nSPS) is 15.7. The van der Waals surface area contributed by atoms with Crippen molar-refractivity contribution in [2.24, 2.45) is 0 Å². The van der Waals surface area contributed by atoms with Crippen molar-refractivity contribution in [3.05, 3.63) is 87.5 Å². The van der Waals surface area contributed by atoms with E-state index in [4.69, 9.17) is 0 Å². The SMILES string of the molecule is Cc1cc(F)cc(-c2cnc3cc(C)n(-c4cc(O)cc(F)c4)c(=O)c3c2CN(C)C[C@@H]2CCCN2)c1. The summed E-state index contributed by atoms with van der Waals surface area (Å²) in [6.07, 6.45) is 3.92. The maximum atomic E-state index is 14.4. The maximum Gasteiger partial charge on any atom is 0.265 e. The Labute approximate surface area is 214 Å². The summed E-state index contributed by atoms with van der Waals surface area (Å²) >= 11 is 0. The fraction of sp³-hybridized carbons (Fsp3) is 0.310. The number of pyridine rings is 2. The van der Waals surface area contributed by atoms with Gasteiger partial charge in [-0.15, -0.1) is 0 Å². The predicted octanol–water partition coefficient (Wildman–Crippen LogP) is 4.84. The largest absolute Gasteiger partial charge is 0.508 e. The monoisotopic (exact) mass is 504 g/mol. The molecule has 5 rings (SSSR count). The molecule has 3 heterocycles. The number of aromatic nitrogens is 2. The molecule has 0 amide bonds. The second-order valence-corrected chi connectivity index (χ2v) is 10.0. The van der Waals surface area contributed by atoms with Gasteiger partial charge in [-0.3, -0.25) is 14.3 Å². The van der Waals surface area contributed by atoms with E-state index in [1.807, 2.05) is 20.0 Å². The van der Waals surface area contributed by atoms with E-state index >= 15 is 0 Å². The Morgan fingerprint density at radius 3 is 2.59 bits per heavy atom. The molecule has 2 aromatic carbocycles. The highest BCUT2D eigenvalue weighted by Crippen LogP contribution is 2.31. The summed E-state index contributed by atoms with van der Waals surface area (Å²) in [6, 6.07) is 10.5. The molecule has 37 heavy (non-hydrogen) atoms. The van der Waals surface area contributed by atoms with E-state index in [-0.39, 0.29) is 22.8 Å². The van der Waals surface area contributed by atoms with Crippen LogP contribution in [0.2, 0.25) is 0 Å². The lowest BCUT2D eigenvalue weighted by Crippen LogP contribution is -2.35. The zero-order valence-corrected chi connectivity index (χ0v) is 21.2. The Hall–Kier alpha value is -3.62. The van der Waals surface area contributed by atoms with Crippen molar-refractivity contribution in [3.8, 4) is 22.6 Å². The molecule has 0 unspecified atom stereocenters. The van der Waals surface area contributed by atoms with Crippen LogP contribution in [0.4, 0.5) is 8.78 Å². The molecule has 1 aliphatic heterocycles. The standard InChI is InChI=1S/C29H30F2N4O2/c1-17-7-19(10-20(30)8-17)25-14-33-27-9-18(2)35(23-11-21(31)12-24(36)13-23)29(37)28(27)26(25)16-34(3)15-22-5-4-6-32-22/h7-14,22,32,36H,4-6,15-16H2,1-3H3/t22-/m0/s1. The van der Waals surface area contributed by atoms with Crippen molar-refractivity contribution in [1.82, 2.24) is 19.8 Å². The Bertz CT molecular complexity index is 1500. The van der Waals surface area contributed by atoms with Crippen LogP contribution < -0.4 is 10.9 Å². The molecular weight excluding hydrogens is 474 g/mol. The van der Waals surface area contributed by atoms with Gasteiger partial charge in [0, 0.05) is 48.7 Å². The first-order chi connectivity index (χ1) is 17.7.